The highest BCUT2D eigenvalue weighted by Gasteiger charge is 2.20. The fraction of sp³-hybridized carbons (Fsp3) is 0.200. The Bertz CT molecular complexity index is 918. The number of anilines is 1. The van der Waals surface area contributed by atoms with Crippen LogP contribution in [0.4, 0.5) is 11.4 Å². The van der Waals surface area contributed by atoms with Crippen LogP contribution >= 0.6 is 23.2 Å². The molecular formula is C15H14Cl2N2O5S. The van der Waals surface area contributed by atoms with Gasteiger partial charge in [0, 0.05) is 28.7 Å². The lowest BCUT2D eigenvalue weighted by Crippen LogP contribution is -2.25. The van der Waals surface area contributed by atoms with E-state index in [1.165, 1.54) is 19.2 Å². The van der Waals surface area contributed by atoms with Crippen molar-refractivity contribution in [3.63, 3.8) is 0 Å². The molecule has 0 aliphatic heterocycles. The number of non-ortho nitro benzene ring substituents is 1. The molecule has 0 aliphatic carbocycles. The number of ether oxygens (including phenoxy) is 1. The number of nitro groups is 1. The van der Waals surface area contributed by atoms with E-state index in [1.807, 2.05) is 0 Å². The predicted molar refractivity (Wildman–Crippen MR) is 97.1 cm³/mol. The fourth-order valence-corrected chi connectivity index (χ4v) is 2.86. The summed E-state index contributed by atoms with van der Waals surface area (Å²) in [7, 11) is -2.24. The van der Waals surface area contributed by atoms with Crippen molar-refractivity contribution in [3.8, 4) is 5.75 Å². The number of nitrogens with zero attached hydrogens (tertiary/aromatic N) is 2. The third-order valence-electron chi connectivity index (χ3n) is 3.38. The van der Waals surface area contributed by atoms with Gasteiger partial charge in [0.1, 0.15) is 6.61 Å². The Morgan fingerprint density at radius 2 is 1.88 bits per heavy atom. The maximum absolute atomic E-state index is 11.8. The molecule has 134 valence electrons. The van der Waals surface area contributed by atoms with E-state index in [2.05, 4.69) is 0 Å². The maximum Gasteiger partial charge on any atom is 0.273 e. The zero-order valence-corrected chi connectivity index (χ0v) is 15.6. The van der Waals surface area contributed by atoms with Gasteiger partial charge in [-0.3, -0.25) is 14.4 Å². The quantitative estimate of drug-likeness (QED) is 0.538. The van der Waals surface area contributed by atoms with Crippen LogP contribution in [0, 0.1) is 10.1 Å². The van der Waals surface area contributed by atoms with E-state index in [4.69, 9.17) is 27.9 Å². The van der Waals surface area contributed by atoms with E-state index in [9.17, 15) is 18.5 Å². The minimum Gasteiger partial charge on any atom is -0.486 e. The number of hydrogen-bond donors (Lipinski definition) is 0. The van der Waals surface area contributed by atoms with E-state index >= 15 is 0 Å². The Balaban J connectivity index is 2.41. The number of halogens is 2. The van der Waals surface area contributed by atoms with Gasteiger partial charge in [0.05, 0.1) is 22.9 Å². The summed E-state index contributed by atoms with van der Waals surface area (Å²) < 4.78 is 30.1. The van der Waals surface area contributed by atoms with Crippen LogP contribution in [-0.4, -0.2) is 26.6 Å². The van der Waals surface area contributed by atoms with Crippen LogP contribution in [0.15, 0.2) is 36.4 Å². The summed E-state index contributed by atoms with van der Waals surface area (Å²) in [6.45, 7) is -0.0365. The molecule has 0 N–H and O–H groups in total. The predicted octanol–water partition coefficient (Wildman–Crippen LogP) is 3.88. The molecule has 0 unspecified atom stereocenters. The van der Waals surface area contributed by atoms with E-state index in [1.54, 1.807) is 18.2 Å². The minimum atomic E-state index is -3.57. The zero-order chi connectivity index (χ0) is 18.8. The molecule has 7 nitrogen and oxygen atoms in total. The standard InChI is InChI=1S/C15H14Cl2N2O5S/c1-18(25(2,22)23)14-6-4-12(19(20)21)8-15(14)24-9-10-7-11(16)3-5-13(10)17/h3-8H,9H2,1-2H3. The maximum atomic E-state index is 11.8. The fourth-order valence-electron chi connectivity index (χ4n) is 1.98. The van der Waals surface area contributed by atoms with Crippen molar-refractivity contribution in [2.75, 3.05) is 17.6 Å². The number of hydrogen-bond acceptors (Lipinski definition) is 5. The first kappa shape index (κ1) is 19.3. The van der Waals surface area contributed by atoms with Gasteiger partial charge in [-0.15, -0.1) is 0 Å². The van der Waals surface area contributed by atoms with Gasteiger partial charge in [-0.25, -0.2) is 8.42 Å². The van der Waals surface area contributed by atoms with Crippen LogP contribution < -0.4 is 9.04 Å². The van der Waals surface area contributed by atoms with Crippen molar-refractivity contribution in [1.82, 2.24) is 0 Å². The van der Waals surface area contributed by atoms with Crippen molar-refractivity contribution in [3.05, 3.63) is 62.1 Å². The van der Waals surface area contributed by atoms with E-state index in [0.29, 0.717) is 15.6 Å². The van der Waals surface area contributed by atoms with Crippen molar-refractivity contribution in [2.24, 2.45) is 0 Å². The summed E-state index contributed by atoms with van der Waals surface area (Å²) in [4.78, 5) is 10.4. The van der Waals surface area contributed by atoms with Crippen LogP contribution in [0.25, 0.3) is 0 Å². The Labute approximate surface area is 154 Å². The Morgan fingerprint density at radius 3 is 2.48 bits per heavy atom. The second kappa shape index (κ2) is 7.47. The second-order valence-corrected chi connectivity index (χ2v) is 8.02. The molecule has 0 bridgehead atoms. The molecule has 10 heteroatoms. The van der Waals surface area contributed by atoms with Gasteiger partial charge in [0.25, 0.3) is 5.69 Å². The van der Waals surface area contributed by atoms with Crippen LogP contribution in [0.2, 0.25) is 10.0 Å². The van der Waals surface area contributed by atoms with Gasteiger partial charge in [-0.1, -0.05) is 23.2 Å². The van der Waals surface area contributed by atoms with Crippen molar-refractivity contribution >= 4 is 44.6 Å². The summed E-state index contributed by atoms with van der Waals surface area (Å²) in [5, 5.41) is 11.8. The van der Waals surface area contributed by atoms with Gasteiger partial charge >= 0.3 is 0 Å². The Morgan fingerprint density at radius 1 is 1.20 bits per heavy atom. The van der Waals surface area contributed by atoms with Gasteiger partial charge in [0.15, 0.2) is 5.75 Å². The molecule has 2 aromatic carbocycles. The van der Waals surface area contributed by atoms with Crippen LogP contribution in [0.3, 0.4) is 0 Å². The SMILES string of the molecule is CN(c1ccc([N+](=O)[O-])cc1OCc1cc(Cl)ccc1Cl)S(C)(=O)=O. The monoisotopic (exact) mass is 404 g/mol. The molecule has 0 saturated carbocycles. The zero-order valence-electron chi connectivity index (χ0n) is 13.3. The highest BCUT2D eigenvalue weighted by Crippen LogP contribution is 2.34. The van der Waals surface area contributed by atoms with Crippen LogP contribution in [-0.2, 0) is 16.6 Å². The highest BCUT2D eigenvalue weighted by atomic mass is 35.5. The molecule has 2 rings (SSSR count). The third kappa shape index (κ3) is 4.75. The normalized spacial score (nSPS) is 11.2. The molecule has 0 spiro atoms. The molecule has 0 saturated heterocycles. The Kier molecular flexibility index (Phi) is 5.76. The molecule has 0 radical (unpaired) electrons. The topological polar surface area (TPSA) is 89.8 Å². The average molecular weight is 405 g/mol. The van der Waals surface area contributed by atoms with E-state index < -0.39 is 14.9 Å². The minimum absolute atomic E-state index is 0.0365. The Hall–Kier alpha value is -2.03. The molecule has 0 fully saturated rings. The van der Waals surface area contributed by atoms with Crippen molar-refractivity contribution < 1.29 is 18.1 Å². The number of sulfonamides is 1. The largest absolute Gasteiger partial charge is 0.486 e. The van der Waals surface area contributed by atoms with Crippen molar-refractivity contribution in [2.45, 2.75) is 6.61 Å². The van der Waals surface area contributed by atoms with Gasteiger partial charge in [-0.05, 0) is 24.3 Å². The first-order valence-electron chi connectivity index (χ1n) is 6.88. The lowest BCUT2D eigenvalue weighted by Gasteiger charge is -2.20. The number of benzene rings is 2. The summed E-state index contributed by atoms with van der Waals surface area (Å²) in [6, 6.07) is 8.49. The summed E-state index contributed by atoms with van der Waals surface area (Å²) in [5.74, 6) is 0.0400. The molecule has 0 atom stereocenters. The lowest BCUT2D eigenvalue weighted by atomic mass is 10.2. The van der Waals surface area contributed by atoms with Gasteiger partial charge in [-0.2, -0.15) is 0 Å². The molecule has 25 heavy (non-hydrogen) atoms. The van der Waals surface area contributed by atoms with Crippen molar-refractivity contribution in [1.29, 1.82) is 0 Å². The van der Waals surface area contributed by atoms with E-state index in [-0.39, 0.29) is 23.7 Å². The number of nitro benzene ring substituents is 1. The van der Waals surface area contributed by atoms with E-state index in [0.717, 1.165) is 16.6 Å². The molecule has 2 aromatic rings. The smallest absolute Gasteiger partial charge is 0.273 e. The second-order valence-electron chi connectivity index (χ2n) is 5.16. The number of rotatable bonds is 6. The third-order valence-corrected chi connectivity index (χ3v) is 5.18. The summed E-state index contributed by atoms with van der Waals surface area (Å²) in [5.41, 5.74) is 0.512. The molecule has 0 heterocycles. The first-order chi connectivity index (χ1) is 11.6. The lowest BCUT2D eigenvalue weighted by molar-refractivity contribution is -0.384. The first-order valence-corrected chi connectivity index (χ1v) is 9.49. The summed E-state index contributed by atoms with van der Waals surface area (Å²) in [6.07, 6.45) is 1.02. The molecule has 0 aliphatic rings. The molecular weight excluding hydrogens is 391 g/mol. The molecule has 0 amide bonds. The average Bonchev–Trinajstić information content (AvgIpc) is 2.53. The molecule has 0 aromatic heterocycles. The highest BCUT2D eigenvalue weighted by molar-refractivity contribution is 7.92. The summed E-state index contributed by atoms with van der Waals surface area (Å²) >= 11 is 12.0. The van der Waals surface area contributed by atoms with Gasteiger partial charge < -0.3 is 4.74 Å². The van der Waals surface area contributed by atoms with Crippen LogP contribution in [0.1, 0.15) is 5.56 Å². The van der Waals surface area contributed by atoms with Gasteiger partial charge in [0.2, 0.25) is 10.0 Å². The van der Waals surface area contributed by atoms with Crippen LogP contribution in [0.5, 0.6) is 5.75 Å².